The number of nitrogens with zero attached hydrogens (tertiary/aromatic N) is 4. The molecule has 3 heterocycles. The van der Waals surface area contributed by atoms with Crippen molar-refractivity contribution in [2.24, 2.45) is 0 Å². The highest BCUT2D eigenvalue weighted by Gasteiger charge is 2.37. The number of aromatic nitrogens is 4. The first-order chi connectivity index (χ1) is 31.4. The molecule has 0 saturated carbocycles. The summed E-state index contributed by atoms with van der Waals surface area (Å²) >= 11 is 0. The van der Waals surface area contributed by atoms with Crippen molar-refractivity contribution in [1.29, 1.82) is 0 Å². The van der Waals surface area contributed by atoms with E-state index in [1.165, 1.54) is 39.4 Å². The average molecular weight is 825 g/mol. The Labute approximate surface area is 371 Å². The van der Waals surface area contributed by atoms with Crippen molar-refractivity contribution in [3.63, 3.8) is 0 Å². The van der Waals surface area contributed by atoms with Crippen LogP contribution in [0.3, 0.4) is 0 Å². The second-order valence-electron chi connectivity index (χ2n) is 17.5. The van der Waals surface area contributed by atoms with Crippen molar-refractivity contribution in [1.82, 2.24) is 19.5 Å². The third-order valence-electron chi connectivity index (χ3n) is 13.0. The average Bonchev–Trinajstić information content (AvgIpc) is 3.96. The van der Waals surface area contributed by atoms with Crippen molar-refractivity contribution in [3.8, 4) is 51.0 Å². The zero-order valence-corrected chi connectivity index (χ0v) is 36.2. The third kappa shape index (κ3) is 5.81. The first-order valence-corrected chi connectivity index (χ1v) is 22.3. The maximum Gasteiger partial charge on any atom is 0.238 e. The summed E-state index contributed by atoms with van der Waals surface area (Å²) in [7, 11) is 0. The minimum absolute atomic E-state index is 0.176. The molecule has 0 fully saturated rings. The molecule has 0 amide bonds. The Morgan fingerprint density at radius 1 is 0.453 bits per heavy atom. The van der Waals surface area contributed by atoms with Gasteiger partial charge in [0.15, 0.2) is 11.6 Å². The Morgan fingerprint density at radius 2 is 1.08 bits per heavy atom. The molecule has 5 nitrogen and oxygen atoms in total. The predicted octanol–water partition coefficient (Wildman–Crippen LogP) is 15.9. The topological polar surface area (TPSA) is 56.7 Å². The molecule has 0 N–H and O–H groups in total. The highest BCUT2D eigenvalue weighted by Crippen LogP contribution is 2.52. The Hall–Kier alpha value is -7.89. The molecule has 0 bridgehead atoms. The lowest BCUT2D eigenvalue weighted by Gasteiger charge is -2.22. The molecule has 1 aliphatic carbocycles. The van der Waals surface area contributed by atoms with Crippen molar-refractivity contribution < 1.29 is 4.42 Å². The predicted molar refractivity (Wildman–Crippen MR) is 266 cm³/mol. The van der Waals surface area contributed by atoms with E-state index in [1.807, 2.05) is 18.2 Å². The van der Waals surface area contributed by atoms with E-state index >= 15 is 0 Å². The van der Waals surface area contributed by atoms with E-state index in [0.29, 0.717) is 17.6 Å². The summed E-state index contributed by atoms with van der Waals surface area (Å²) in [6.07, 6.45) is 1.25. The Balaban J connectivity index is 0.00000141. The summed E-state index contributed by atoms with van der Waals surface area (Å²) in [4.78, 5) is 15.9. The SMILES string of the molecule is CC1(C)c2cc(-c3cccc4c5ccccc5n(-c5nc(-c6ccc7ccccc7c6)nc(-c6ccc7c(c6)oc6ccccc67)n5)c34)ccc2-c2c1ccc1ccccc21.CCC. The van der Waals surface area contributed by atoms with Crippen LogP contribution in [0.5, 0.6) is 0 Å². The number of rotatable bonds is 4. The van der Waals surface area contributed by atoms with Crippen LogP contribution in [0.25, 0.3) is 116 Å². The normalized spacial score (nSPS) is 12.9. The maximum atomic E-state index is 6.37. The molecule has 0 saturated heterocycles. The molecule has 0 atom stereocenters. The number of para-hydroxylation sites is 3. The molecule has 0 unspecified atom stereocenters. The molecule has 64 heavy (non-hydrogen) atoms. The van der Waals surface area contributed by atoms with Crippen molar-refractivity contribution >= 4 is 65.3 Å². The van der Waals surface area contributed by atoms with Crippen LogP contribution < -0.4 is 0 Å². The lowest BCUT2D eigenvalue weighted by atomic mass is 9.81. The van der Waals surface area contributed by atoms with Gasteiger partial charge in [0, 0.05) is 43.7 Å². The zero-order chi connectivity index (χ0) is 43.1. The Morgan fingerprint density at radius 3 is 1.91 bits per heavy atom. The second-order valence-corrected chi connectivity index (χ2v) is 17.5. The smallest absolute Gasteiger partial charge is 0.238 e. The number of fused-ring (bicyclic) bond motifs is 12. The summed E-state index contributed by atoms with van der Waals surface area (Å²) in [5.41, 5.74) is 12.9. The van der Waals surface area contributed by atoms with E-state index in [2.05, 4.69) is 196 Å². The van der Waals surface area contributed by atoms with Crippen LogP contribution in [0.15, 0.2) is 186 Å². The van der Waals surface area contributed by atoms with E-state index in [-0.39, 0.29) is 5.41 Å². The largest absolute Gasteiger partial charge is 0.456 e. The molecule has 12 aromatic rings. The van der Waals surface area contributed by atoms with Gasteiger partial charge < -0.3 is 4.42 Å². The molecule has 5 heteroatoms. The Kier molecular flexibility index (Phi) is 8.63. The van der Waals surface area contributed by atoms with Gasteiger partial charge in [-0.3, -0.25) is 4.57 Å². The van der Waals surface area contributed by atoms with Crippen molar-refractivity contribution in [2.45, 2.75) is 39.5 Å². The summed E-state index contributed by atoms with van der Waals surface area (Å²) in [5, 5.41) is 9.27. The standard InChI is InChI=1S/C56H36N4O.C3H8/c1-56(2)46-29-26-34-13-5-6-15-39(34)51(46)45-28-24-36(31-47(45)56)40-18-11-19-44-41-16-7-9-20-48(41)60(52(40)44)55-58-53(37-23-22-33-12-3-4-14-35(33)30-37)57-54(59-55)38-25-27-43-42-17-8-10-21-49(42)61-50(43)32-38;1-3-2/h3-32H,1-2H3;3H2,1-2H3. The highest BCUT2D eigenvalue weighted by atomic mass is 16.3. The lowest BCUT2D eigenvalue weighted by Crippen LogP contribution is -2.15. The summed E-state index contributed by atoms with van der Waals surface area (Å²) in [6.45, 7) is 8.97. The van der Waals surface area contributed by atoms with E-state index in [4.69, 9.17) is 19.4 Å². The molecule has 13 rings (SSSR count). The molecule has 306 valence electrons. The van der Waals surface area contributed by atoms with Gasteiger partial charge in [0.25, 0.3) is 0 Å². The van der Waals surface area contributed by atoms with E-state index in [9.17, 15) is 0 Å². The van der Waals surface area contributed by atoms with Gasteiger partial charge in [-0.15, -0.1) is 0 Å². The molecule has 1 aliphatic rings. The third-order valence-corrected chi connectivity index (χ3v) is 13.0. The number of benzene rings is 9. The number of hydrogen-bond donors (Lipinski definition) is 0. The van der Waals surface area contributed by atoms with Gasteiger partial charge in [0.1, 0.15) is 11.2 Å². The maximum absolute atomic E-state index is 6.37. The van der Waals surface area contributed by atoms with Crippen LogP contribution in [0.4, 0.5) is 0 Å². The van der Waals surface area contributed by atoms with Gasteiger partial charge in [-0.1, -0.05) is 180 Å². The molecule has 0 spiro atoms. The zero-order valence-electron chi connectivity index (χ0n) is 36.2. The van der Waals surface area contributed by atoms with Crippen LogP contribution >= 0.6 is 0 Å². The van der Waals surface area contributed by atoms with Crippen LogP contribution in [0, 0.1) is 0 Å². The van der Waals surface area contributed by atoms with Gasteiger partial charge in [-0.05, 0) is 85.8 Å². The fourth-order valence-corrected chi connectivity index (χ4v) is 10.1. The fraction of sp³-hybridized carbons (Fsp3) is 0.102. The monoisotopic (exact) mass is 824 g/mol. The van der Waals surface area contributed by atoms with E-state index < -0.39 is 0 Å². The first-order valence-electron chi connectivity index (χ1n) is 22.3. The van der Waals surface area contributed by atoms with Crippen LogP contribution in [0.2, 0.25) is 0 Å². The molecule has 3 aromatic heterocycles. The Bertz CT molecular complexity index is 3830. The summed E-state index contributed by atoms with van der Waals surface area (Å²) in [6, 6.07) is 64.9. The van der Waals surface area contributed by atoms with Crippen molar-refractivity contribution in [2.75, 3.05) is 0 Å². The van der Waals surface area contributed by atoms with Gasteiger partial charge in [0.05, 0.1) is 11.0 Å². The molecule has 0 aliphatic heterocycles. The molecular formula is C59H44N4O. The van der Waals surface area contributed by atoms with Gasteiger partial charge in [-0.25, -0.2) is 4.98 Å². The number of hydrogen-bond acceptors (Lipinski definition) is 4. The highest BCUT2D eigenvalue weighted by molar-refractivity contribution is 6.14. The van der Waals surface area contributed by atoms with Crippen LogP contribution in [0.1, 0.15) is 45.2 Å². The van der Waals surface area contributed by atoms with Gasteiger partial charge in [0.2, 0.25) is 5.95 Å². The minimum atomic E-state index is -0.176. The van der Waals surface area contributed by atoms with Gasteiger partial charge >= 0.3 is 0 Å². The summed E-state index contributed by atoms with van der Waals surface area (Å²) in [5.74, 6) is 1.73. The first kappa shape index (κ1) is 37.8. The number of furan rings is 1. The van der Waals surface area contributed by atoms with Crippen LogP contribution in [-0.4, -0.2) is 19.5 Å². The second kappa shape index (κ2) is 14.6. The molecule has 9 aromatic carbocycles. The quantitative estimate of drug-likeness (QED) is 0.177. The summed E-state index contributed by atoms with van der Waals surface area (Å²) < 4.78 is 8.62. The van der Waals surface area contributed by atoms with E-state index in [1.54, 1.807) is 0 Å². The van der Waals surface area contributed by atoms with Crippen LogP contribution in [-0.2, 0) is 5.41 Å². The molecular weight excluding hydrogens is 781 g/mol. The van der Waals surface area contributed by atoms with Crippen molar-refractivity contribution in [3.05, 3.63) is 193 Å². The van der Waals surface area contributed by atoms with E-state index in [0.717, 1.165) is 76.8 Å². The lowest BCUT2D eigenvalue weighted by molar-refractivity contribution is 0.661. The van der Waals surface area contributed by atoms with Gasteiger partial charge in [-0.2, -0.15) is 9.97 Å². The molecule has 0 radical (unpaired) electrons. The fourth-order valence-electron chi connectivity index (χ4n) is 10.1. The minimum Gasteiger partial charge on any atom is -0.456 e.